The van der Waals surface area contributed by atoms with Crippen molar-refractivity contribution in [1.82, 2.24) is 0 Å². The zero-order valence-electron chi connectivity index (χ0n) is 25.2. The molecule has 0 bridgehead atoms. The Labute approximate surface area is 260 Å². The molecule has 4 N–H and O–H groups in total. The molecule has 0 aromatic carbocycles. The highest BCUT2D eigenvalue weighted by atomic mass is 35.5. The summed E-state index contributed by atoms with van der Waals surface area (Å²) in [5.74, 6) is -3.67. The maximum atomic E-state index is 13.6. The molecule has 4 aliphatic rings. The summed E-state index contributed by atoms with van der Waals surface area (Å²) >= 11 is 7.41. The number of halogens is 1. The number of alkyl halides is 1. The smallest absolute Gasteiger partial charge is 0.323 e. The molecule has 0 aliphatic heterocycles. The Kier molecular flexibility index (Phi) is 9.66. The van der Waals surface area contributed by atoms with Crippen LogP contribution in [0, 0.1) is 38.7 Å². The molecule has 9 atom stereocenters. The van der Waals surface area contributed by atoms with Gasteiger partial charge in [0.1, 0.15) is 11.6 Å². The molecule has 1 unspecified atom stereocenters. The van der Waals surface area contributed by atoms with Gasteiger partial charge in [-0.2, -0.15) is 0 Å². The predicted octanol–water partition coefficient (Wildman–Crippen LogP) is 1.97. The Morgan fingerprint density at radius 3 is 2.57 bits per heavy atom. The number of aliphatic hydroxyl groups is 2. The Hall–Kier alpha value is -2.87. The van der Waals surface area contributed by atoms with E-state index in [4.69, 9.17) is 26.8 Å². The fourth-order valence-electron chi connectivity index (χ4n) is 8.34. The summed E-state index contributed by atoms with van der Waals surface area (Å²) in [6, 6.07) is -1.36. The lowest BCUT2D eigenvalue weighted by atomic mass is 9.45. The maximum Gasteiger partial charge on any atom is 0.323 e. The number of unbranched alkanes of at least 4 members (excludes halogenated alkanes) is 1. The molecule has 0 radical (unpaired) electrons. The van der Waals surface area contributed by atoms with E-state index in [2.05, 4.69) is 4.84 Å². The van der Waals surface area contributed by atoms with E-state index in [1.54, 1.807) is 26.0 Å². The number of allylic oxidation sites excluding steroid dienone is 4. The van der Waals surface area contributed by atoms with Gasteiger partial charge in [-0.05, 0) is 68.4 Å². The van der Waals surface area contributed by atoms with Gasteiger partial charge >= 0.3 is 11.9 Å². The standard InChI is InChI=1S/C30H41ClN2O11/c1-17-12-21-20-7-6-18-13-19(34)8-9-27(18,2)29(20,31)23(35)15-28(21,3)30(17,39)24(36)16-43-25(37)14-22(32)26(38)42-10-4-5-11-44-33(40)41/h8-9,13,17,20-23,35,39H,4-7,10-12,14-16,32H2,1-3H3/t17-,20-,21-,22?,23-,27-,28-,29-,30-/m0/s1. The Morgan fingerprint density at radius 1 is 1.20 bits per heavy atom. The van der Waals surface area contributed by atoms with Gasteiger partial charge in [0, 0.05) is 10.8 Å². The van der Waals surface area contributed by atoms with Crippen molar-refractivity contribution in [3.8, 4) is 0 Å². The molecule has 13 nitrogen and oxygen atoms in total. The van der Waals surface area contributed by atoms with Crippen molar-refractivity contribution < 1.29 is 48.8 Å². The summed E-state index contributed by atoms with van der Waals surface area (Å²) in [5, 5.41) is 32.9. The van der Waals surface area contributed by atoms with Crippen molar-refractivity contribution in [3.05, 3.63) is 33.9 Å². The first-order valence-corrected chi connectivity index (χ1v) is 15.3. The first kappa shape index (κ1) is 34.0. The minimum absolute atomic E-state index is 0.0255. The van der Waals surface area contributed by atoms with Crippen molar-refractivity contribution >= 4 is 35.1 Å². The number of esters is 2. The van der Waals surface area contributed by atoms with Crippen LogP contribution < -0.4 is 5.73 Å². The van der Waals surface area contributed by atoms with Crippen LogP contribution in [0.4, 0.5) is 0 Å². The first-order chi connectivity index (χ1) is 20.5. The van der Waals surface area contributed by atoms with Gasteiger partial charge in [0.05, 0.1) is 30.6 Å². The minimum Gasteiger partial charge on any atom is -0.465 e. The second-order valence-electron chi connectivity index (χ2n) is 13.0. The number of rotatable bonds is 12. The van der Waals surface area contributed by atoms with Crippen LogP contribution in [0.3, 0.4) is 0 Å². The van der Waals surface area contributed by atoms with E-state index < -0.39 is 75.2 Å². The molecule has 244 valence electrons. The molecule has 14 heteroatoms. The van der Waals surface area contributed by atoms with E-state index in [0.29, 0.717) is 19.3 Å². The highest BCUT2D eigenvalue weighted by molar-refractivity contribution is 6.26. The molecule has 0 spiro atoms. The molecule has 0 amide bonds. The van der Waals surface area contributed by atoms with Gasteiger partial charge < -0.3 is 30.3 Å². The number of carbonyl (C=O) groups is 4. The largest absolute Gasteiger partial charge is 0.465 e. The van der Waals surface area contributed by atoms with Crippen LogP contribution in [-0.4, -0.2) is 81.2 Å². The summed E-state index contributed by atoms with van der Waals surface area (Å²) in [4.78, 5) is 63.4. The molecule has 0 saturated heterocycles. The zero-order valence-corrected chi connectivity index (χ0v) is 25.9. The van der Waals surface area contributed by atoms with Crippen LogP contribution in [-0.2, 0) is 33.5 Å². The number of fused-ring (bicyclic) bond motifs is 5. The maximum absolute atomic E-state index is 13.6. The average Bonchev–Trinajstić information content (AvgIpc) is 3.15. The number of nitrogens with zero attached hydrogens (tertiary/aromatic N) is 1. The molecule has 3 saturated carbocycles. The lowest BCUT2D eigenvalue weighted by Gasteiger charge is -2.63. The second kappa shape index (κ2) is 12.5. The number of hydrogen-bond acceptors (Lipinski definition) is 12. The average molecular weight is 641 g/mol. The number of nitrogens with two attached hydrogens (primary N) is 1. The van der Waals surface area contributed by atoms with Gasteiger partial charge in [0.2, 0.25) is 5.78 Å². The van der Waals surface area contributed by atoms with Crippen LogP contribution >= 0.6 is 11.6 Å². The molecule has 0 aromatic rings. The topological polar surface area (TPSA) is 206 Å². The molecule has 4 rings (SSSR count). The van der Waals surface area contributed by atoms with Gasteiger partial charge in [0.25, 0.3) is 5.09 Å². The third kappa shape index (κ3) is 5.56. The number of hydrogen-bond donors (Lipinski definition) is 3. The molecular weight excluding hydrogens is 600 g/mol. The summed E-state index contributed by atoms with van der Waals surface area (Å²) < 4.78 is 10.1. The van der Waals surface area contributed by atoms with Gasteiger partial charge in [-0.1, -0.05) is 32.4 Å². The van der Waals surface area contributed by atoms with Crippen molar-refractivity contribution in [2.75, 3.05) is 19.8 Å². The molecule has 44 heavy (non-hydrogen) atoms. The lowest BCUT2D eigenvalue weighted by Crippen LogP contribution is -2.69. The van der Waals surface area contributed by atoms with E-state index in [0.717, 1.165) is 5.57 Å². The monoisotopic (exact) mass is 640 g/mol. The summed E-state index contributed by atoms with van der Waals surface area (Å²) in [5.41, 5.74) is 2.84. The molecule has 3 fully saturated rings. The van der Waals surface area contributed by atoms with Gasteiger partial charge in [0.15, 0.2) is 12.4 Å². The minimum atomic E-state index is -1.92. The highest BCUT2D eigenvalue weighted by Crippen LogP contribution is 2.71. The van der Waals surface area contributed by atoms with Crippen molar-refractivity contribution in [3.63, 3.8) is 0 Å². The van der Waals surface area contributed by atoms with Crippen LogP contribution in [0.5, 0.6) is 0 Å². The Morgan fingerprint density at radius 2 is 1.89 bits per heavy atom. The van der Waals surface area contributed by atoms with Gasteiger partial charge in [-0.15, -0.1) is 21.7 Å². The van der Waals surface area contributed by atoms with Gasteiger partial charge in [-0.3, -0.25) is 19.2 Å². The second-order valence-corrected chi connectivity index (χ2v) is 13.6. The van der Waals surface area contributed by atoms with Crippen molar-refractivity contribution in [2.24, 2.45) is 34.3 Å². The molecule has 0 aromatic heterocycles. The van der Waals surface area contributed by atoms with E-state index in [1.807, 2.05) is 6.92 Å². The fraction of sp³-hybridized carbons (Fsp3) is 0.733. The van der Waals surface area contributed by atoms with E-state index in [9.17, 15) is 39.5 Å². The summed E-state index contributed by atoms with van der Waals surface area (Å²) in [6.07, 6.45) is 5.40. The Bertz CT molecular complexity index is 1270. The molecule has 4 aliphatic carbocycles. The van der Waals surface area contributed by atoms with Crippen molar-refractivity contribution in [1.29, 1.82) is 0 Å². The highest BCUT2D eigenvalue weighted by Gasteiger charge is 2.74. The number of ether oxygens (including phenoxy) is 2. The van der Waals surface area contributed by atoms with Crippen LogP contribution in [0.1, 0.15) is 65.7 Å². The number of ketones is 2. The van der Waals surface area contributed by atoms with Gasteiger partial charge in [-0.25, -0.2) is 0 Å². The zero-order chi connectivity index (χ0) is 32.7. The molecule has 0 heterocycles. The van der Waals surface area contributed by atoms with E-state index in [1.165, 1.54) is 6.08 Å². The number of Topliss-reactive ketones (excluding diaryl/α,β-unsaturated/α-hetero) is 1. The third-order valence-corrected chi connectivity index (χ3v) is 11.6. The third-order valence-electron chi connectivity index (χ3n) is 10.7. The first-order valence-electron chi connectivity index (χ1n) is 14.9. The number of carbonyl (C=O) groups excluding carboxylic acids is 4. The van der Waals surface area contributed by atoms with E-state index in [-0.39, 0.29) is 50.1 Å². The lowest BCUT2D eigenvalue weighted by molar-refractivity contribution is -0.757. The quantitative estimate of drug-likeness (QED) is 0.0920. The SMILES string of the molecule is C[C@H]1C[C@H]2[C@@H]3CCC4=CC(=O)C=C[C@]4(C)[C@@]3(Cl)[C@@H](O)C[C@]2(C)[C@@]1(O)C(=O)COC(=O)CC(N)C(=O)OCCCCO[N+](=O)[O-]. The Balaban J connectivity index is 1.38. The number of aliphatic hydroxyl groups excluding tert-OH is 1. The summed E-state index contributed by atoms with van der Waals surface area (Å²) in [6.45, 7) is 4.50. The van der Waals surface area contributed by atoms with E-state index >= 15 is 0 Å². The van der Waals surface area contributed by atoms with Crippen LogP contribution in [0.2, 0.25) is 0 Å². The predicted molar refractivity (Wildman–Crippen MR) is 154 cm³/mol. The van der Waals surface area contributed by atoms with Crippen LogP contribution in [0.25, 0.3) is 0 Å². The molecular formula is C30H41ClN2O11. The van der Waals surface area contributed by atoms with Crippen LogP contribution in [0.15, 0.2) is 23.8 Å². The fourth-order valence-corrected chi connectivity index (χ4v) is 8.86. The normalized spacial score (nSPS) is 38.0. The van der Waals surface area contributed by atoms with Crippen molar-refractivity contribution in [2.45, 2.75) is 88.3 Å². The summed E-state index contributed by atoms with van der Waals surface area (Å²) in [7, 11) is 0.